The fraction of sp³-hybridized carbons (Fsp3) is 0.211. The second-order valence-electron chi connectivity index (χ2n) is 6.71. The molecule has 3 heterocycles. The summed E-state index contributed by atoms with van der Waals surface area (Å²) in [5.74, 6) is 1.07. The molecule has 9 nitrogen and oxygen atoms in total. The molecule has 0 aliphatic heterocycles. The van der Waals surface area contributed by atoms with Crippen LogP contribution >= 0.6 is 0 Å². The Balaban J connectivity index is 1.87. The molecule has 4 rings (SSSR count). The monoisotopic (exact) mass is 412 g/mol. The standard InChI is InChI=1S/C19H20N6O3S/c1-12-9-13(2)25-19(22-12)15(11-21-25)18-20-7-8-24(18)14-5-6-17(28-3)16(10-14)23-29(4,26)27/h5-11,23H,1-4H3. The third-order valence-electron chi connectivity index (χ3n) is 4.42. The molecule has 0 saturated heterocycles. The minimum Gasteiger partial charge on any atom is -0.495 e. The van der Waals surface area contributed by atoms with E-state index in [-0.39, 0.29) is 0 Å². The molecule has 0 atom stereocenters. The number of sulfonamides is 1. The zero-order valence-electron chi connectivity index (χ0n) is 16.4. The van der Waals surface area contributed by atoms with Gasteiger partial charge in [-0.25, -0.2) is 22.9 Å². The molecule has 150 valence electrons. The van der Waals surface area contributed by atoms with Crippen molar-refractivity contribution in [3.63, 3.8) is 0 Å². The number of rotatable bonds is 5. The fourth-order valence-electron chi connectivity index (χ4n) is 3.26. The largest absolute Gasteiger partial charge is 0.495 e. The van der Waals surface area contributed by atoms with Gasteiger partial charge in [0.2, 0.25) is 10.0 Å². The molecule has 0 radical (unpaired) electrons. The summed E-state index contributed by atoms with van der Waals surface area (Å²) >= 11 is 0. The van der Waals surface area contributed by atoms with Crippen molar-refractivity contribution in [1.82, 2.24) is 24.1 Å². The zero-order valence-corrected chi connectivity index (χ0v) is 17.2. The first kappa shape index (κ1) is 18.9. The Kier molecular flexibility index (Phi) is 4.50. The molecule has 0 aliphatic carbocycles. The molecule has 0 fully saturated rings. The van der Waals surface area contributed by atoms with Crippen molar-refractivity contribution in [3.8, 4) is 22.8 Å². The summed E-state index contributed by atoms with van der Waals surface area (Å²) in [4.78, 5) is 9.11. The van der Waals surface area contributed by atoms with Crippen LogP contribution in [0.15, 0.2) is 42.9 Å². The minimum atomic E-state index is -3.47. The number of aromatic nitrogens is 5. The quantitative estimate of drug-likeness (QED) is 0.540. The van der Waals surface area contributed by atoms with E-state index in [2.05, 4.69) is 19.8 Å². The molecule has 0 bridgehead atoms. The molecule has 4 aromatic rings. The number of ether oxygens (including phenoxy) is 1. The lowest BCUT2D eigenvalue weighted by molar-refractivity contribution is 0.417. The van der Waals surface area contributed by atoms with Gasteiger partial charge in [-0.3, -0.25) is 9.29 Å². The molecule has 0 spiro atoms. The van der Waals surface area contributed by atoms with Gasteiger partial charge in [0.1, 0.15) is 11.6 Å². The van der Waals surface area contributed by atoms with Crippen LogP contribution in [0.1, 0.15) is 11.4 Å². The van der Waals surface area contributed by atoms with Crippen molar-refractivity contribution in [2.75, 3.05) is 18.1 Å². The number of hydrogen-bond acceptors (Lipinski definition) is 6. The van der Waals surface area contributed by atoms with E-state index in [9.17, 15) is 8.42 Å². The van der Waals surface area contributed by atoms with Gasteiger partial charge in [-0.05, 0) is 38.1 Å². The van der Waals surface area contributed by atoms with Crippen molar-refractivity contribution in [2.45, 2.75) is 13.8 Å². The van der Waals surface area contributed by atoms with Crippen LogP contribution in [0, 0.1) is 13.8 Å². The Morgan fingerprint density at radius 2 is 1.97 bits per heavy atom. The van der Waals surface area contributed by atoms with E-state index >= 15 is 0 Å². The number of hydrogen-bond donors (Lipinski definition) is 1. The smallest absolute Gasteiger partial charge is 0.229 e. The van der Waals surface area contributed by atoms with Gasteiger partial charge in [-0.1, -0.05) is 0 Å². The lowest BCUT2D eigenvalue weighted by Crippen LogP contribution is -2.11. The Morgan fingerprint density at radius 1 is 1.17 bits per heavy atom. The van der Waals surface area contributed by atoms with Gasteiger partial charge in [-0.2, -0.15) is 5.10 Å². The van der Waals surface area contributed by atoms with E-state index in [1.165, 1.54) is 7.11 Å². The molecule has 0 unspecified atom stereocenters. The number of aryl methyl sites for hydroxylation is 2. The molecule has 0 aliphatic rings. The molecule has 29 heavy (non-hydrogen) atoms. The summed E-state index contributed by atoms with van der Waals surface area (Å²) in [5, 5.41) is 4.43. The maximum atomic E-state index is 11.7. The normalized spacial score (nSPS) is 11.7. The van der Waals surface area contributed by atoms with Crippen molar-refractivity contribution in [2.24, 2.45) is 0 Å². The van der Waals surface area contributed by atoms with E-state index in [0.717, 1.165) is 23.2 Å². The van der Waals surface area contributed by atoms with E-state index in [1.54, 1.807) is 35.2 Å². The van der Waals surface area contributed by atoms with Crippen LogP contribution in [0.2, 0.25) is 0 Å². The highest BCUT2D eigenvalue weighted by Gasteiger charge is 2.17. The summed E-state index contributed by atoms with van der Waals surface area (Å²) in [6.07, 6.45) is 6.30. The first-order chi connectivity index (χ1) is 13.8. The maximum absolute atomic E-state index is 11.7. The second-order valence-corrected chi connectivity index (χ2v) is 8.46. The number of nitrogens with one attached hydrogen (secondary N) is 1. The number of nitrogens with zero attached hydrogens (tertiary/aromatic N) is 5. The molecule has 1 aromatic carbocycles. The van der Waals surface area contributed by atoms with E-state index in [1.807, 2.05) is 30.5 Å². The van der Waals surface area contributed by atoms with E-state index in [4.69, 9.17) is 4.74 Å². The summed E-state index contributed by atoms with van der Waals surface area (Å²) < 4.78 is 34.8. The SMILES string of the molecule is COc1ccc(-n2ccnc2-c2cnn3c(C)cc(C)nc23)cc1NS(C)(=O)=O. The Labute approximate surface area is 168 Å². The first-order valence-electron chi connectivity index (χ1n) is 8.79. The summed E-state index contributed by atoms with van der Waals surface area (Å²) in [5.41, 5.74) is 4.40. The summed E-state index contributed by atoms with van der Waals surface area (Å²) in [7, 11) is -1.98. The minimum absolute atomic E-state index is 0.344. The molecule has 0 saturated carbocycles. The number of benzene rings is 1. The number of methoxy groups -OCH3 is 1. The maximum Gasteiger partial charge on any atom is 0.229 e. The van der Waals surface area contributed by atoms with Crippen molar-refractivity contribution in [1.29, 1.82) is 0 Å². The predicted octanol–water partition coefficient (Wildman–Crippen LogP) is 2.58. The van der Waals surface area contributed by atoms with E-state index < -0.39 is 10.0 Å². The summed E-state index contributed by atoms with van der Waals surface area (Å²) in [6, 6.07) is 7.19. The number of imidazole rings is 1. The van der Waals surface area contributed by atoms with Gasteiger partial charge in [0.15, 0.2) is 5.65 Å². The van der Waals surface area contributed by atoms with Crippen LogP contribution in [0.5, 0.6) is 5.75 Å². The molecular weight excluding hydrogens is 392 g/mol. The highest BCUT2D eigenvalue weighted by atomic mass is 32.2. The molecular formula is C19H20N6O3S. The van der Waals surface area contributed by atoms with Gasteiger partial charge < -0.3 is 4.74 Å². The van der Waals surface area contributed by atoms with Crippen LogP contribution in [0.4, 0.5) is 5.69 Å². The molecule has 0 amide bonds. The highest BCUT2D eigenvalue weighted by molar-refractivity contribution is 7.92. The number of fused-ring (bicyclic) bond motifs is 1. The average molecular weight is 412 g/mol. The van der Waals surface area contributed by atoms with Crippen LogP contribution in [0.3, 0.4) is 0 Å². The van der Waals surface area contributed by atoms with Gasteiger partial charge in [-0.15, -0.1) is 0 Å². The third-order valence-corrected chi connectivity index (χ3v) is 5.01. The van der Waals surface area contributed by atoms with Crippen LogP contribution < -0.4 is 9.46 Å². The van der Waals surface area contributed by atoms with Gasteiger partial charge in [0.05, 0.1) is 30.8 Å². The van der Waals surface area contributed by atoms with Gasteiger partial charge >= 0.3 is 0 Å². The van der Waals surface area contributed by atoms with Crippen molar-refractivity contribution in [3.05, 3.63) is 54.2 Å². The Hall–Kier alpha value is -3.40. The van der Waals surface area contributed by atoms with Gasteiger partial charge in [0, 0.05) is 29.5 Å². The third kappa shape index (κ3) is 3.54. The Bertz CT molecular complexity index is 1320. The topological polar surface area (TPSA) is 103 Å². The van der Waals surface area contributed by atoms with Crippen LogP contribution in [-0.2, 0) is 10.0 Å². The van der Waals surface area contributed by atoms with E-state index in [0.29, 0.717) is 28.6 Å². The van der Waals surface area contributed by atoms with Gasteiger partial charge in [0.25, 0.3) is 0 Å². The Morgan fingerprint density at radius 3 is 2.69 bits per heavy atom. The molecule has 10 heteroatoms. The average Bonchev–Trinajstić information content (AvgIpc) is 3.26. The van der Waals surface area contributed by atoms with Crippen LogP contribution in [0.25, 0.3) is 22.7 Å². The molecule has 3 aromatic heterocycles. The van der Waals surface area contributed by atoms with Crippen molar-refractivity contribution < 1.29 is 13.2 Å². The number of anilines is 1. The lowest BCUT2D eigenvalue weighted by atomic mass is 10.2. The first-order valence-corrected chi connectivity index (χ1v) is 10.7. The fourth-order valence-corrected chi connectivity index (χ4v) is 3.82. The summed E-state index contributed by atoms with van der Waals surface area (Å²) in [6.45, 7) is 3.90. The van der Waals surface area contributed by atoms with Crippen LogP contribution in [-0.4, -0.2) is 45.9 Å². The zero-order chi connectivity index (χ0) is 20.8. The molecule has 1 N–H and O–H groups in total. The predicted molar refractivity (Wildman–Crippen MR) is 110 cm³/mol. The highest BCUT2D eigenvalue weighted by Crippen LogP contribution is 2.31. The van der Waals surface area contributed by atoms with Crippen molar-refractivity contribution >= 4 is 21.4 Å². The lowest BCUT2D eigenvalue weighted by Gasteiger charge is -2.13. The second kappa shape index (κ2) is 6.89.